The number of nitrogens with zero attached hydrogens (tertiary/aromatic N) is 1. The monoisotopic (exact) mass is 419 g/mol. The molecular formula is C19H41N3O5Si. The summed E-state index contributed by atoms with van der Waals surface area (Å²) in [5, 5.41) is 17.8. The fourth-order valence-electron chi connectivity index (χ4n) is 4.12. The van der Waals surface area contributed by atoms with Crippen LogP contribution < -0.4 is 10.6 Å². The Morgan fingerprint density at radius 3 is 1.93 bits per heavy atom. The van der Waals surface area contributed by atoms with Crippen LogP contribution in [-0.4, -0.2) is 68.6 Å². The first kappa shape index (κ1) is 25.3. The lowest BCUT2D eigenvalue weighted by Crippen LogP contribution is -2.63. The molecule has 0 saturated carbocycles. The zero-order valence-corrected chi connectivity index (χ0v) is 19.8. The summed E-state index contributed by atoms with van der Waals surface area (Å²) in [7, 11) is -2.66. The van der Waals surface area contributed by atoms with Gasteiger partial charge < -0.3 is 29.1 Å². The van der Waals surface area contributed by atoms with Gasteiger partial charge in [-0.05, 0) is 67.7 Å². The first-order valence-electron chi connectivity index (χ1n) is 10.5. The Morgan fingerprint density at radius 1 is 1.04 bits per heavy atom. The van der Waals surface area contributed by atoms with Crippen LogP contribution in [0, 0.1) is 0 Å². The van der Waals surface area contributed by atoms with Gasteiger partial charge in [-0.1, -0.05) is 0 Å². The molecule has 28 heavy (non-hydrogen) atoms. The molecular weight excluding hydrogens is 378 g/mol. The van der Waals surface area contributed by atoms with Crippen LogP contribution in [0.1, 0.15) is 67.7 Å². The van der Waals surface area contributed by atoms with E-state index >= 15 is 0 Å². The molecule has 0 atom stereocenters. The molecule has 0 aromatic carbocycles. The summed E-state index contributed by atoms with van der Waals surface area (Å²) in [4.78, 5) is 12.3. The summed E-state index contributed by atoms with van der Waals surface area (Å²) >= 11 is 0. The lowest BCUT2D eigenvalue weighted by Gasteiger charge is -2.51. The molecule has 8 nitrogen and oxygen atoms in total. The van der Waals surface area contributed by atoms with Crippen molar-refractivity contribution in [2.75, 3.05) is 26.4 Å². The molecule has 0 radical (unpaired) electrons. The summed E-state index contributed by atoms with van der Waals surface area (Å²) in [6.07, 6.45) is 2.11. The second-order valence-electron chi connectivity index (χ2n) is 8.53. The van der Waals surface area contributed by atoms with Crippen molar-refractivity contribution in [3.8, 4) is 0 Å². The van der Waals surface area contributed by atoms with E-state index in [9.17, 15) is 10.0 Å². The maximum absolute atomic E-state index is 12.3. The van der Waals surface area contributed by atoms with Crippen molar-refractivity contribution in [3.63, 3.8) is 0 Å². The third kappa shape index (κ3) is 7.27. The second kappa shape index (κ2) is 10.9. The molecule has 0 unspecified atom stereocenters. The third-order valence-corrected chi connectivity index (χ3v) is 8.16. The van der Waals surface area contributed by atoms with E-state index < -0.39 is 19.9 Å². The van der Waals surface area contributed by atoms with E-state index in [0.717, 1.165) is 6.42 Å². The SMILES string of the molecule is CCO[Si](CCCNC(=O)NC1CC(C)(C)N(O)C(C)(C)C1)(OCC)OCC. The topological polar surface area (TPSA) is 92.3 Å². The van der Waals surface area contributed by atoms with Gasteiger partial charge in [0.25, 0.3) is 0 Å². The van der Waals surface area contributed by atoms with Crippen LogP contribution >= 0.6 is 0 Å². The molecule has 0 aromatic heterocycles. The van der Waals surface area contributed by atoms with Crippen LogP contribution in [0.5, 0.6) is 0 Å². The molecule has 0 aromatic rings. The zero-order valence-electron chi connectivity index (χ0n) is 18.8. The number of piperidine rings is 1. The molecule has 1 rings (SSSR count). The minimum Gasteiger partial charge on any atom is -0.374 e. The quantitative estimate of drug-likeness (QED) is 0.352. The highest BCUT2D eigenvalue weighted by molar-refractivity contribution is 6.60. The number of hydrogen-bond donors (Lipinski definition) is 3. The van der Waals surface area contributed by atoms with Gasteiger partial charge in [0.05, 0.1) is 0 Å². The molecule has 3 N–H and O–H groups in total. The Labute approximate surface area is 171 Å². The fourth-order valence-corrected chi connectivity index (χ4v) is 6.73. The molecule has 0 aliphatic carbocycles. The van der Waals surface area contributed by atoms with Crippen LogP contribution in [0.4, 0.5) is 4.79 Å². The van der Waals surface area contributed by atoms with Gasteiger partial charge in [-0.3, -0.25) is 0 Å². The van der Waals surface area contributed by atoms with Crippen LogP contribution in [0.2, 0.25) is 6.04 Å². The van der Waals surface area contributed by atoms with E-state index in [2.05, 4.69) is 10.6 Å². The zero-order chi connectivity index (χ0) is 21.4. The molecule has 166 valence electrons. The molecule has 2 amide bonds. The van der Waals surface area contributed by atoms with Crippen LogP contribution in [0.15, 0.2) is 0 Å². The minimum atomic E-state index is -2.66. The lowest BCUT2D eigenvalue weighted by molar-refractivity contribution is -0.245. The Hall–Kier alpha value is -0.713. The first-order valence-corrected chi connectivity index (χ1v) is 12.4. The van der Waals surface area contributed by atoms with Gasteiger partial charge in [0.2, 0.25) is 0 Å². The normalized spacial score (nSPS) is 20.1. The summed E-state index contributed by atoms with van der Waals surface area (Å²) < 4.78 is 17.5. The Balaban J connectivity index is 2.48. The first-order chi connectivity index (χ1) is 13.0. The Morgan fingerprint density at radius 2 is 1.50 bits per heavy atom. The maximum atomic E-state index is 12.3. The molecule has 1 saturated heterocycles. The number of urea groups is 1. The van der Waals surface area contributed by atoms with E-state index in [-0.39, 0.29) is 12.1 Å². The molecule has 1 heterocycles. The van der Waals surface area contributed by atoms with Crippen LogP contribution in [0.25, 0.3) is 0 Å². The molecule has 1 aliphatic rings. The highest BCUT2D eigenvalue weighted by atomic mass is 28.4. The Bertz CT molecular complexity index is 455. The van der Waals surface area contributed by atoms with Crippen molar-refractivity contribution in [2.24, 2.45) is 0 Å². The predicted octanol–water partition coefficient (Wildman–Crippen LogP) is 3.13. The van der Waals surface area contributed by atoms with Gasteiger partial charge in [0.1, 0.15) is 0 Å². The average Bonchev–Trinajstić information content (AvgIpc) is 2.57. The van der Waals surface area contributed by atoms with E-state index in [4.69, 9.17) is 13.3 Å². The molecule has 9 heteroatoms. The second-order valence-corrected chi connectivity index (χ2v) is 11.3. The summed E-state index contributed by atoms with van der Waals surface area (Å²) in [5.41, 5.74) is -0.783. The summed E-state index contributed by atoms with van der Waals surface area (Å²) in [6, 6.07) is 0.503. The van der Waals surface area contributed by atoms with Crippen molar-refractivity contribution < 1.29 is 23.3 Å². The number of rotatable bonds is 11. The fraction of sp³-hybridized carbons (Fsp3) is 0.947. The van der Waals surface area contributed by atoms with Gasteiger partial charge in [-0.2, -0.15) is 5.06 Å². The van der Waals surface area contributed by atoms with E-state index in [1.54, 1.807) is 0 Å². The molecule has 0 bridgehead atoms. The van der Waals surface area contributed by atoms with Crippen molar-refractivity contribution in [1.82, 2.24) is 15.7 Å². The predicted molar refractivity (Wildman–Crippen MR) is 111 cm³/mol. The smallest absolute Gasteiger partial charge is 0.374 e. The van der Waals surface area contributed by atoms with Gasteiger partial charge in [-0.25, -0.2) is 4.79 Å². The van der Waals surface area contributed by atoms with E-state index in [1.165, 1.54) is 5.06 Å². The number of carbonyl (C=O) groups excluding carboxylic acids is 1. The van der Waals surface area contributed by atoms with Gasteiger partial charge in [-0.15, -0.1) is 0 Å². The number of hydroxylamine groups is 2. The Kier molecular flexibility index (Phi) is 9.85. The molecule has 0 spiro atoms. The minimum absolute atomic E-state index is 0.0112. The highest BCUT2D eigenvalue weighted by Crippen LogP contribution is 2.36. The van der Waals surface area contributed by atoms with Gasteiger partial charge >= 0.3 is 14.8 Å². The maximum Gasteiger partial charge on any atom is 0.500 e. The number of nitrogens with one attached hydrogen (secondary N) is 2. The average molecular weight is 420 g/mol. The highest BCUT2D eigenvalue weighted by Gasteiger charge is 2.45. The summed E-state index contributed by atoms with van der Waals surface area (Å²) in [6.45, 7) is 15.9. The van der Waals surface area contributed by atoms with E-state index in [1.807, 2.05) is 48.5 Å². The van der Waals surface area contributed by atoms with Gasteiger partial charge in [0.15, 0.2) is 0 Å². The third-order valence-electron chi connectivity index (χ3n) is 5.01. The van der Waals surface area contributed by atoms with Crippen molar-refractivity contribution >= 4 is 14.8 Å². The molecule has 1 fully saturated rings. The van der Waals surface area contributed by atoms with Crippen LogP contribution in [-0.2, 0) is 13.3 Å². The van der Waals surface area contributed by atoms with Crippen LogP contribution in [0.3, 0.4) is 0 Å². The van der Waals surface area contributed by atoms with Crippen molar-refractivity contribution in [3.05, 3.63) is 0 Å². The lowest BCUT2D eigenvalue weighted by atomic mass is 9.79. The number of carbonyl (C=O) groups is 1. The van der Waals surface area contributed by atoms with E-state index in [0.29, 0.717) is 45.3 Å². The standard InChI is InChI=1S/C19H41N3O5Si/c1-8-25-28(26-9-2,27-10-3)13-11-12-20-17(23)21-16-14-18(4,5)22(24)19(6,7)15-16/h16,24H,8-15H2,1-7H3,(H2,20,21,23). The van der Waals surface area contributed by atoms with Gasteiger partial charge in [0, 0.05) is 49.5 Å². The molecule has 1 aliphatic heterocycles. The largest absolute Gasteiger partial charge is 0.500 e. The van der Waals surface area contributed by atoms with Crippen molar-refractivity contribution in [1.29, 1.82) is 0 Å². The van der Waals surface area contributed by atoms with Crippen molar-refractivity contribution in [2.45, 2.75) is 90.9 Å². The number of amides is 2. The number of hydrogen-bond acceptors (Lipinski definition) is 6. The summed E-state index contributed by atoms with van der Waals surface area (Å²) in [5.74, 6) is 0.